The van der Waals surface area contributed by atoms with Crippen molar-refractivity contribution in [3.63, 3.8) is 0 Å². The van der Waals surface area contributed by atoms with Crippen LogP contribution in [0.1, 0.15) is 36.0 Å². The van der Waals surface area contributed by atoms with E-state index in [1.807, 2.05) is 53.1 Å². The van der Waals surface area contributed by atoms with E-state index < -0.39 is 5.54 Å². The summed E-state index contributed by atoms with van der Waals surface area (Å²) in [7, 11) is 5.59. The second kappa shape index (κ2) is 7.66. The monoisotopic (exact) mass is 359 g/mol. The first-order valence-corrected chi connectivity index (χ1v) is 9.37. The lowest BCUT2D eigenvalue weighted by Gasteiger charge is -2.44. The Kier molecular flexibility index (Phi) is 5.51. The van der Waals surface area contributed by atoms with Gasteiger partial charge in [-0.15, -0.1) is 0 Å². The van der Waals surface area contributed by atoms with Crippen LogP contribution in [0.5, 0.6) is 0 Å². The van der Waals surface area contributed by atoms with Crippen molar-refractivity contribution in [2.45, 2.75) is 31.2 Å². The summed E-state index contributed by atoms with van der Waals surface area (Å²) >= 11 is 0. The highest BCUT2D eigenvalue weighted by atomic mass is 16.5. The molecule has 0 aromatic heterocycles. The number of rotatable bonds is 5. The standard InChI is InChI=1S/C20H29N3O3/c1-21(2)17-8-6-16(7-9-17)18(24)23-13-5-11-20(23)10-4-12-22(19(20)25)14-15-26-3/h6-9H,4-5,10-15H2,1-3H3. The Morgan fingerprint density at radius 2 is 1.81 bits per heavy atom. The molecule has 0 N–H and O–H groups in total. The van der Waals surface area contributed by atoms with E-state index in [0.717, 1.165) is 37.9 Å². The number of hydrogen-bond acceptors (Lipinski definition) is 4. The van der Waals surface area contributed by atoms with Gasteiger partial charge in [0.1, 0.15) is 5.54 Å². The van der Waals surface area contributed by atoms with E-state index in [0.29, 0.717) is 25.3 Å². The van der Waals surface area contributed by atoms with Crippen LogP contribution in [0.4, 0.5) is 5.69 Å². The quantitative estimate of drug-likeness (QED) is 0.807. The number of amides is 2. The molecular formula is C20H29N3O3. The fourth-order valence-electron chi connectivity index (χ4n) is 4.19. The lowest BCUT2D eigenvalue weighted by atomic mass is 9.85. The van der Waals surface area contributed by atoms with Gasteiger partial charge in [0, 0.05) is 52.1 Å². The van der Waals surface area contributed by atoms with E-state index in [4.69, 9.17) is 4.74 Å². The Morgan fingerprint density at radius 3 is 2.42 bits per heavy atom. The second-order valence-corrected chi connectivity index (χ2v) is 7.42. The largest absolute Gasteiger partial charge is 0.383 e. The first-order chi connectivity index (χ1) is 12.5. The van der Waals surface area contributed by atoms with Crippen molar-refractivity contribution < 1.29 is 14.3 Å². The molecule has 26 heavy (non-hydrogen) atoms. The fourth-order valence-corrected chi connectivity index (χ4v) is 4.19. The Hall–Kier alpha value is -2.08. The van der Waals surface area contributed by atoms with Gasteiger partial charge in [0.05, 0.1) is 6.61 Å². The number of anilines is 1. The van der Waals surface area contributed by atoms with Gasteiger partial charge >= 0.3 is 0 Å². The lowest BCUT2D eigenvalue weighted by molar-refractivity contribution is -0.146. The van der Waals surface area contributed by atoms with Crippen molar-refractivity contribution in [1.29, 1.82) is 0 Å². The van der Waals surface area contributed by atoms with Crippen LogP contribution in [0.15, 0.2) is 24.3 Å². The Morgan fingerprint density at radius 1 is 1.15 bits per heavy atom. The van der Waals surface area contributed by atoms with Crippen molar-refractivity contribution in [2.75, 3.05) is 52.3 Å². The molecule has 2 aliphatic heterocycles. The molecule has 1 atom stereocenters. The molecule has 0 bridgehead atoms. The molecular weight excluding hydrogens is 330 g/mol. The van der Waals surface area contributed by atoms with Gasteiger partial charge in [-0.3, -0.25) is 9.59 Å². The molecule has 1 spiro atoms. The van der Waals surface area contributed by atoms with E-state index >= 15 is 0 Å². The van der Waals surface area contributed by atoms with Crippen LogP contribution in [0.2, 0.25) is 0 Å². The van der Waals surface area contributed by atoms with E-state index in [1.165, 1.54) is 0 Å². The average molecular weight is 359 g/mol. The first kappa shape index (κ1) is 18.7. The Labute approximate surface area is 155 Å². The summed E-state index contributed by atoms with van der Waals surface area (Å²) in [6.07, 6.45) is 3.33. The van der Waals surface area contributed by atoms with Crippen molar-refractivity contribution in [3.05, 3.63) is 29.8 Å². The van der Waals surface area contributed by atoms with Crippen LogP contribution in [0, 0.1) is 0 Å². The van der Waals surface area contributed by atoms with Crippen molar-refractivity contribution in [3.8, 4) is 0 Å². The highest BCUT2D eigenvalue weighted by Gasteiger charge is 2.52. The maximum atomic E-state index is 13.2. The molecule has 2 fully saturated rings. The number of methoxy groups -OCH3 is 1. The molecule has 2 saturated heterocycles. The Bertz CT molecular complexity index is 659. The molecule has 2 amide bonds. The molecule has 0 saturated carbocycles. The third-order valence-corrected chi connectivity index (χ3v) is 5.63. The molecule has 0 radical (unpaired) electrons. The molecule has 142 valence electrons. The predicted molar refractivity (Wildman–Crippen MR) is 101 cm³/mol. The number of carbonyl (C=O) groups excluding carboxylic acids is 2. The van der Waals surface area contributed by atoms with Gasteiger partial charge in [-0.2, -0.15) is 0 Å². The maximum Gasteiger partial charge on any atom is 0.254 e. The van der Waals surface area contributed by atoms with Crippen molar-refractivity contribution >= 4 is 17.5 Å². The molecule has 1 aromatic rings. The summed E-state index contributed by atoms with van der Waals surface area (Å²) in [5, 5.41) is 0. The van der Waals surface area contributed by atoms with Crippen LogP contribution in [-0.2, 0) is 9.53 Å². The van der Waals surface area contributed by atoms with Gasteiger partial charge in [0.25, 0.3) is 5.91 Å². The van der Waals surface area contributed by atoms with Gasteiger partial charge in [0.15, 0.2) is 0 Å². The highest BCUT2D eigenvalue weighted by Crippen LogP contribution is 2.39. The van der Waals surface area contributed by atoms with Crippen LogP contribution in [-0.4, -0.2) is 74.6 Å². The third kappa shape index (κ3) is 3.30. The minimum atomic E-state index is -0.663. The van der Waals surface area contributed by atoms with Crippen LogP contribution in [0.25, 0.3) is 0 Å². The zero-order valence-electron chi connectivity index (χ0n) is 16.0. The molecule has 6 heteroatoms. The Balaban J connectivity index is 1.82. The topological polar surface area (TPSA) is 53.1 Å². The fraction of sp³-hybridized carbons (Fsp3) is 0.600. The summed E-state index contributed by atoms with van der Waals surface area (Å²) < 4.78 is 5.14. The number of nitrogens with zero attached hydrogens (tertiary/aromatic N) is 3. The zero-order chi connectivity index (χ0) is 18.7. The predicted octanol–water partition coefficient (Wildman–Crippen LogP) is 2.00. The van der Waals surface area contributed by atoms with E-state index in [9.17, 15) is 9.59 Å². The number of carbonyl (C=O) groups is 2. The van der Waals surface area contributed by atoms with Gasteiger partial charge in [-0.25, -0.2) is 0 Å². The summed E-state index contributed by atoms with van der Waals surface area (Å²) in [4.78, 5) is 32.1. The van der Waals surface area contributed by atoms with Crippen LogP contribution >= 0.6 is 0 Å². The third-order valence-electron chi connectivity index (χ3n) is 5.63. The molecule has 2 aliphatic rings. The lowest BCUT2D eigenvalue weighted by Crippen LogP contribution is -2.61. The minimum absolute atomic E-state index is 0.0326. The molecule has 2 heterocycles. The van der Waals surface area contributed by atoms with E-state index in [-0.39, 0.29) is 11.8 Å². The highest BCUT2D eigenvalue weighted by molar-refractivity contribution is 6.00. The van der Waals surface area contributed by atoms with E-state index in [2.05, 4.69) is 0 Å². The molecule has 1 aromatic carbocycles. The number of hydrogen-bond donors (Lipinski definition) is 0. The summed E-state index contributed by atoms with van der Waals surface area (Å²) in [5.74, 6) is 0.0614. The molecule has 0 aliphatic carbocycles. The first-order valence-electron chi connectivity index (χ1n) is 9.37. The molecule has 6 nitrogen and oxygen atoms in total. The molecule has 1 unspecified atom stereocenters. The van der Waals surface area contributed by atoms with Crippen LogP contribution in [0.3, 0.4) is 0 Å². The normalized spacial score (nSPS) is 23.0. The maximum absolute atomic E-state index is 13.2. The number of benzene rings is 1. The number of likely N-dealkylation sites (tertiary alicyclic amines) is 2. The van der Waals surface area contributed by atoms with Gasteiger partial charge < -0.3 is 19.4 Å². The van der Waals surface area contributed by atoms with Gasteiger partial charge in [-0.05, 0) is 49.9 Å². The van der Waals surface area contributed by atoms with Crippen LogP contribution < -0.4 is 4.90 Å². The average Bonchev–Trinajstić information content (AvgIpc) is 3.07. The van der Waals surface area contributed by atoms with Crippen molar-refractivity contribution in [2.24, 2.45) is 0 Å². The van der Waals surface area contributed by atoms with Crippen molar-refractivity contribution in [1.82, 2.24) is 9.80 Å². The smallest absolute Gasteiger partial charge is 0.254 e. The number of ether oxygens (including phenoxy) is 1. The SMILES string of the molecule is COCCN1CCCC2(CCCN2C(=O)c2ccc(N(C)C)cc2)C1=O. The minimum Gasteiger partial charge on any atom is -0.383 e. The van der Waals surface area contributed by atoms with Gasteiger partial charge in [0.2, 0.25) is 5.91 Å². The summed E-state index contributed by atoms with van der Waals surface area (Å²) in [6, 6.07) is 7.62. The summed E-state index contributed by atoms with van der Waals surface area (Å²) in [6.45, 7) is 2.53. The molecule has 3 rings (SSSR count). The van der Waals surface area contributed by atoms with E-state index in [1.54, 1.807) is 7.11 Å². The second-order valence-electron chi connectivity index (χ2n) is 7.42. The zero-order valence-corrected chi connectivity index (χ0v) is 16.0. The number of piperidine rings is 1. The summed E-state index contributed by atoms with van der Waals surface area (Å²) in [5.41, 5.74) is 1.04. The van der Waals surface area contributed by atoms with Gasteiger partial charge in [-0.1, -0.05) is 0 Å².